The van der Waals surface area contributed by atoms with Crippen LogP contribution in [0.3, 0.4) is 0 Å². The molecule has 1 aliphatic heterocycles. The van der Waals surface area contributed by atoms with Crippen molar-refractivity contribution in [1.29, 1.82) is 0 Å². The van der Waals surface area contributed by atoms with Crippen molar-refractivity contribution in [2.45, 2.75) is 42.9 Å². The maximum Gasteiger partial charge on any atom is 0.264 e. The average molecular weight is 421 g/mol. The summed E-state index contributed by atoms with van der Waals surface area (Å²) in [4.78, 5) is 16.0. The highest BCUT2D eigenvalue weighted by Crippen LogP contribution is 2.32. The van der Waals surface area contributed by atoms with Gasteiger partial charge in [0, 0.05) is 18.9 Å². The molecular weight excluding hydrogens is 398 g/mol. The van der Waals surface area contributed by atoms with E-state index in [2.05, 4.69) is 4.98 Å². The second kappa shape index (κ2) is 8.46. The Morgan fingerprint density at radius 3 is 2.55 bits per heavy atom. The lowest BCUT2D eigenvalue weighted by molar-refractivity contribution is -0.144. The maximum absolute atomic E-state index is 13.1. The Morgan fingerprint density at radius 1 is 1.28 bits per heavy atom. The van der Waals surface area contributed by atoms with Crippen LogP contribution in [0.1, 0.15) is 25.3 Å². The lowest BCUT2D eigenvalue weighted by atomic mass is 9.87. The summed E-state index contributed by atoms with van der Waals surface area (Å²) in [6.45, 7) is 1.74. The Balaban J connectivity index is 1.80. The van der Waals surface area contributed by atoms with Crippen LogP contribution >= 0.6 is 0 Å². The Morgan fingerprint density at radius 2 is 1.93 bits per heavy atom. The minimum atomic E-state index is -4.08. The van der Waals surface area contributed by atoms with Crippen molar-refractivity contribution >= 4 is 15.9 Å². The number of ether oxygens (including phenoxy) is 1. The molecule has 0 saturated carbocycles. The van der Waals surface area contributed by atoms with E-state index in [0.717, 1.165) is 9.87 Å². The van der Waals surface area contributed by atoms with Gasteiger partial charge in [-0.3, -0.25) is 15.0 Å². The van der Waals surface area contributed by atoms with Gasteiger partial charge in [-0.05, 0) is 61.7 Å². The normalized spacial score (nSPS) is 22.8. The predicted molar refractivity (Wildman–Crippen MR) is 102 cm³/mol. The number of benzene rings is 1. The summed E-state index contributed by atoms with van der Waals surface area (Å²) in [6, 6.07) is 8.01. The topological polar surface area (TPSA) is 129 Å². The number of hydroxylamine groups is 1. The van der Waals surface area contributed by atoms with Crippen LogP contribution in [0.2, 0.25) is 0 Å². The number of carbonyl (C=O) groups excluding carboxylic acids is 1. The second-order valence-corrected chi connectivity index (χ2v) is 8.96. The Bertz CT molecular complexity index is 948. The van der Waals surface area contributed by atoms with E-state index < -0.39 is 27.6 Å². The van der Waals surface area contributed by atoms with E-state index in [1.54, 1.807) is 12.4 Å². The number of aromatic nitrogens is 1. The first-order chi connectivity index (χ1) is 13.8. The van der Waals surface area contributed by atoms with Gasteiger partial charge in [-0.25, -0.2) is 13.9 Å². The van der Waals surface area contributed by atoms with E-state index in [-0.39, 0.29) is 17.9 Å². The lowest BCUT2D eigenvalue weighted by Gasteiger charge is -2.42. The van der Waals surface area contributed by atoms with Crippen molar-refractivity contribution in [2.75, 3.05) is 6.54 Å². The number of hydrogen-bond acceptors (Lipinski definition) is 7. The Labute approximate surface area is 169 Å². The highest BCUT2D eigenvalue weighted by Gasteiger charge is 2.49. The van der Waals surface area contributed by atoms with Crippen LogP contribution in [0.5, 0.6) is 5.75 Å². The lowest BCUT2D eigenvalue weighted by Crippen LogP contribution is -2.62. The molecule has 1 aliphatic rings. The summed E-state index contributed by atoms with van der Waals surface area (Å²) in [5.74, 6) is -0.494. The smallest absolute Gasteiger partial charge is 0.264 e. The predicted octanol–water partition coefficient (Wildman–Crippen LogP) is 1.07. The van der Waals surface area contributed by atoms with Gasteiger partial charge in [0.1, 0.15) is 18.4 Å². The number of piperidine rings is 1. The third-order valence-corrected chi connectivity index (χ3v) is 6.76. The summed E-state index contributed by atoms with van der Waals surface area (Å²) in [7, 11) is -4.08. The van der Waals surface area contributed by atoms with E-state index in [1.165, 1.54) is 36.7 Å². The van der Waals surface area contributed by atoms with Gasteiger partial charge in [0.25, 0.3) is 5.91 Å². The van der Waals surface area contributed by atoms with E-state index in [9.17, 15) is 18.3 Å². The van der Waals surface area contributed by atoms with E-state index >= 15 is 0 Å². The molecule has 29 heavy (non-hydrogen) atoms. The molecule has 0 aliphatic carbocycles. The average Bonchev–Trinajstić information content (AvgIpc) is 2.72. The van der Waals surface area contributed by atoms with Gasteiger partial charge in [-0.1, -0.05) is 0 Å². The van der Waals surface area contributed by atoms with Gasteiger partial charge in [-0.2, -0.15) is 4.31 Å². The maximum atomic E-state index is 13.1. The van der Waals surface area contributed by atoms with Crippen LogP contribution in [-0.2, 0) is 21.4 Å². The van der Waals surface area contributed by atoms with Crippen molar-refractivity contribution in [3.8, 4) is 5.75 Å². The van der Waals surface area contributed by atoms with Gasteiger partial charge < -0.3 is 9.84 Å². The molecular formula is C19H23N3O6S. The molecule has 0 bridgehead atoms. The molecule has 2 aromatic rings. The number of pyridine rings is 1. The number of carbonyl (C=O) groups is 1. The first-order valence-electron chi connectivity index (χ1n) is 9.05. The van der Waals surface area contributed by atoms with Crippen LogP contribution in [0.25, 0.3) is 0 Å². The first kappa shape index (κ1) is 21.2. The van der Waals surface area contributed by atoms with E-state index in [4.69, 9.17) is 9.94 Å². The summed E-state index contributed by atoms with van der Waals surface area (Å²) in [6.07, 6.45) is 3.93. The molecule has 1 aromatic carbocycles. The third-order valence-electron chi connectivity index (χ3n) is 4.88. The zero-order chi connectivity index (χ0) is 21.1. The van der Waals surface area contributed by atoms with Gasteiger partial charge in [0.15, 0.2) is 0 Å². The summed E-state index contributed by atoms with van der Waals surface area (Å²) >= 11 is 0. The molecule has 3 N–H and O–H groups in total. The van der Waals surface area contributed by atoms with Crippen LogP contribution in [0, 0.1) is 0 Å². The first-order valence-corrected chi connectivity index (χ1v) is 10.5. The summed E-state index contributed by atoms with van der Waals surface area (Å²) < 4.78 is 32.8. The third kappa shape index (κ3) is 4.56. The van der Waals surface area contributed by atoms with Crippen molar-refractivity contribution in [1.82, 2.24) is 14.8 Å². The molecule has 9 nitrogen and oxygen atoms in total. The van der Waals surface area contributed by atoms with Crippen molar-refractivity contribution < 1.29 is 28.3 Å². The molecule has 1 fully saturated rings. The highest BCUT2D eigenvalue weighted by atomic mass is 32.2. The number of hydrogen-bond donors (Lipinski definition) is 3. The summed E-state index contributed by atoms with van der Waals surface area (Å²) in [5.41, 5.74) is 0.772. The molecule has 2 heterocycles. The molecule has 1 aromatic heterocycles. The largest absolute Gasteiger partial charge is 0.489 e. The standard InChI is InChI=1S/C19H23N3O6S/c1-19(24)9-2-12-22(17(19)18(23)21-25)29(26,27)16-5-3-15(4-6-16)28-13-14-7-10-20-11-8-14/h3-8,10-11,17,24-25H,2,9,12-13H2,1H3,(H,21,23)/t17?,19-/m0/s1. The fourth-order valence-electron chi connectivity index (χ4n) is 3.39. The number of rotatable bonds is 6. The quantitative estimate of drug-likeness (QED) is 0.470. The van der Waals surface area contributed by atoms with Crippen LogP contribution in [0.4, 0.5) is 0 Å². The van der Waals surface area contributed by atoms with Gasteiger partial charge >= 0.3 is 0 Å². The molecule has 3 rings (SSSR count). The fourth-order valence-corrected chi connectivity index (χ4v) is 5.11. The molecule has 156 valence electrons. The fraction of sp³-hybridized carbons (Fsp3) is 0.368. The van der Waals surface area contributed by atoms with Crippen molar-refractivity contribution in [3.63, 3.8) is 0 Å². The zero-order valence-corrected chi connectivity index (χ0v) is 16.7. The van der Waals surface area contributed by atoms with Gasteiger partial charge in [0.2, 0.25) is 10.0 Å². The number of nitrogens with zero attached hydrogens (tertiary/aromatic N) is 2. The van der Waals surface area contributed by atoms with Crippen molar-refractivity contribution in [2.24, 2.45) is 0 Å². The highest BCUT2D eigenvalue weighted by molar-refractivity contribution is 7.89. The SMILES string of the molecule is C[C@]1(O)CCCN(S(=O)(=O)c2ccc(OCc3ccncc3)cc2)C1C(=O)NO. The molecule has 1 unspecified atom stereocenters. The number of amides is 1. The molecule has 0 radical (unpaired) electrons. The zero-order valence-electron chi connectivity index (χ0n) is 15.9. The molecule has 10 heteroatoms. The van der Waals surface area contributed by atoms with Crippen LogP contribution in [-0.4, -0.2) is 52.1 Å². The summed E-state index contributed by atoms with van der Waals surface area (Å²) in [5, 5.41) is 19.5. The molecule has 1 saturated heterocycles. The number of sulfonamides is 1. The minimum Gasteiger partial charge on any atom is -0.489 e. The number of aliphatic hydroxyl groups is 1. The van der Waals surface area contributed by atoms with Gasteiger partial charge in [0.05, 0.1) is 10.5 Å². The van der Waals surface area contributed by atoms with Crippen molar-refractivity contribution in [3.05, 3.63) is 54.4 Å². The van der Waals surface area contributed by atoms with E-state index in [0.29, 0.717) is 18.8 Å². The minimum absolute atomic E-state index is 0.0396. The molecule has 1 amide bonds. The Hall–Kier alpha value is -2.53. The molecule has 2 atom stereocenters. The Kier molecular flexibility index (Phi) is 6.18. The monoisotopic (exact) mass is 421 g/mol. The van der Waals surface area contributed by atoms with E-state index in [1.807, 2.05) is 12.1 Å². The van der Waals surface area contributed by atoms with Crippen LogP contribution in [0.15, 0.2) is 53.7 Å². The second-order valence-electron chi connectivity index (χ2n) is 7.07. The van der Waals surface area contributed by atoms with Crippen LogP contribution < -0.4 is 10.2 Å². The van der Waals surface area contributed by atoms with Gasteiger partial charge in [-0.15, -0.1) is 0 Å². The molecule has 0 spiro atoms. The number of nitrogens with one attached hydrogen (secondary N) is 1.